The summed E-state index contributed by atoms with van der Waals surface area (Å²) in [6.07, 6.45) is 0.235. The number of nitrogens with zero attached hydrogens (tertiary/aromatic N) is 1. The Balaban J connectivity index is 1.61. The van der Waals surface area contributed by atoms with Crippen LogP contribution in [0.25, 0.3) is 21.8 Å². The highest BCUT2D eigenvalue weighted by Gasteiger charge is 2.15. The first-order valence-electron chi connectivity index (χ1n) is 10.5. The largest absolute Gasteiger partial charge is 0.449 e. The van der Waals surface area contributed by atoms with Crippen LogP contribution in [0.4, 0.5) is 16.2 Å². The lowest BCUT2D eigenvalue weighted by Gasteiger charge is -2.19. The number of rotatable bonds is 7. The van der Waals surface area contributed by atoms with E-state index in [4.69, 9.17) is 16.3 Å². The van der Waals surface area contributed by atoms with Crippen LogP contribution in [-0.4, -0.2) is 22.8 Å². The minimum absolute atomic E-state index is 0.373. The number of unbranched alkanes of at least 4 members (excludes halogenated alkanes) is 1. The van der Waals surface area contributed by atoms with Gasteiger partial charge in [-0.3, -0.25) is 5.32 Å². The van der Waals surface area contributed by atoms with Crippen LogP contribution < -0.4 is 10.6 Å². The number of carbonyl (C=O) groups is 1. The monoisotopic (exact) mass is 449 g/mol. The van der Waals surface area contributed by atoms with Gasteiger partial charge in [-0.2, -0.15) is 0 Å². The number of para-hydroxylation sites is 1. The summed E-state index contributed by atoms with van der Waals surface area (Å²) in [5, 5.41) is 19.2. The van der Waals surface area contributed by atoms with E-state index in [1.54, 1.807) is 36.4 Å². The van der Waals surface area contributed by atoms with Gasteiger partial charge in [-0.1, -0.05) is 55.3 Å². The summed E-state index contributed by atoms with van der Waals surface area (Å²) < 4.78 is 5.14. The van der Waals surface area contributed by atoms with E-state index in [0.29, 0.717) is 22.9 Å². The normalized spacial score (nSPS) is 12.0. The maximum absolute atomic E-state index is 12.0. The maximum atomic E-state index is 12.0. The second-order valence-corrected chi connectivity index (χ2v) is 7.89. The third-order valence-electron chi connectivity index (χ3n) is 5.10. The molecule has 1 unspecified atom stereocenters. The molecule has 1 atom stereocenters. The van der Waals surface area contributed by atoms with Crippen molar-refractivity contribution in [3.63, 3.8) is 0 Å². The summed E-state index contributed by atoms with van der Waals surface area (Å²) in [6.45, 7) is 2.40. The fourth-order valence-electron chi connectivity index (χ4n) is 3.49. The number of hydrogen-bond acceptors (Lipinski definition) is 5. The number of aromatic nitrogens is 1. The number of hydrogen-bond donors (Lipinski definition) is 3. The van der Waals surface area contributed by atoms with Crippen molar-refractivity contribution in [1.82, 2.24) is 4.98 Å². The highest BCUT2D eigenvalue weighted by Crippen LogP contribution is 2.34. The summed E-state index contributed by atoms with van der Waals surface area (Å²) in [5.74, 6) is 0. The highest BCUT2D eigenvalue weighted by atomic mass is 35.5. The second kappa shape index (κ2) is 9.85. The summed E-state index contributed by atoms with van der Waals surface area (Å²) in [7, 11) is 0. The average Bonchev–Trinajstić information content (AvgIpc) is 2.79. The van der Waals surface area contributed by atoms with Crippen LogP contribution in [0.5, 0.6) is 0 Å². The van der Waals surface area contributed by atoms with Crippen molar-refractivity contribution >= 4 is 50.9 Å². The van der Waals surface area contributed by atoms with E-state index < -0.39 is 12.3 Å². The number of pyridine rings is 1. The highest BCUT2D eigenvalue weighted by molar-refractivity contribution is 6.31. The van der Waals surface area contributed by atoms with Crippen LogP contribution in [0.1, 0.15) is 31.6 Å². The molecule has 3 aromatic carbocycles. The number of fused-ring (bicyclic) bond motifs is 2. The number of ether oxygens (including phenoxy) is 1. The number of benzene rings is 3. The van der Waals surface area contributed by atoms with E-state index in [-0.39, 0.29) is 0 Å². The predicted molar refractivity (Wildman–Crippen MR) is 129 cm³/mol. The third-order valence-corrected chi connectivity index (χ3v) is 5.34. The van der Waals surface area contributed by atoms with Gasteiger partial charge in [0.05, 0.1) is 23.3 Å². The quantitative estimate of drug-likeness (QED) is 0.170. The Bertz CT molecular complexity index is 1260. The topological polar surface area (TPSA) is 83.5 Å². The summed E-state index contributed by atoms with van der Waals surface area (Å²) in [6, 6.07) is 20.2. The van der Waals surface area contributed by atoms with Gasteiger partial charge in [0.2, 0.25) is 0 Å². The Labute approximate surface area is 191 Å². The molecule has 1 heterocycles. The molecule has 32 heavy (non-hydrogen) atoms. The zero-order chi connectivity index (χ0) is 22.5. The van der Waals surface area contributed by atoms with Gasteiger partial charge < -0.3 is 15.2 Å². The summed E-state index contributed by atoms with van der Waals surface area (Å²) >= 11 is 6.17. The lowest BCUT2D eigenvalue weighted by Crippen LogP contribution is -2.15. The molecule has 0 aliphatic carbocycles. The Morgan fingerprint density at radius 1 is 1.06 bits per heavy atom. The second-order valence-electron chi connectivity index (χ2n) is 7.45. The SMILES string of the molecule is CCCCOC(=O)Nc1cccc(C(O)Nc2c3ccccc3nc3cc(Cl)ccc23)c1. The van der Waals surface area contributed by atoms with Crippen LogP contribution >= 0.6 is 11.6 Å². The first-order chi connectivity index (χ1) is 15.5. The van der Waals surface area contributed by atoms with Gasteiger partial charge in [0.15, 0.2) is 6.23 Å². The zero-order valence-corrected chi connectivity index (χ0v) is 18.4. The molecule has 0 fully saturated rings. The lowest BCUT2D eigenvalue weighted by molar-refractivity contribution is 0.160. The van der Waals surface area contributed by atoms with Gasteiger partial charge in [0.1, 0.15) is 0 Å². The van der Waals surface area contributed by atoms with Gasteiger partial charge in [-0.05, 0) is 42.8 Å². The molecule has 4 rings (SSSR count). The first-order valence-corrected chi connectivity index (χ1v) is 10.9. The smallest absolute Gasteiger partial charge is 0.411 e. The molecule has 4 aromatic rings. The van der Waals surface area contributed by atoms with Crippen LogP contribution in [0, 0.1) is 0 Å². The van der Waals surface area contributed by atoms with Crippen LogP contribution in [0.2, 0.25) is 5.02 Å². The fraction of sp³-hybridized carbons (Fsp3) is 0.200. The minimum Gasteiger partial charge on any atom is -0.449 e. The Kier molecular flexibility index (Phi) is 6.73. The van der Waals surface area contributed by atoms with E-state index in [1.807, 2.05) is 37.3 Å². The zero-order valence-electron chi connectivity index (χ0n) is 17.6. The molecule has 0 aliphatic heterocycles. The van der Waals surface area contributed by atoms with Crippen molar-refractivity contribution in [3.05, 3.63) is 77.3 Å². The molecule has 0 aliphatic rings. The van der Waals surface area contributed by atoms with Crippen LogP contribution in [0.15, 0.2) is 66.7 Å². The van der Waals surface area contributed by atoms with E-state index in [1.165, 1.54) is 0 Å². The third kappa shape index (κ3) is 4.93. The maximum Gasteiger partial charge on any atom is 0.411 e. The number of anilines is 2. The Morgan fingerprint density at radius 2 is 1.88 bits per heavy atom. The van der Waals surface area contributed by atoms with Gasteiger partial charge >= 0.3 is 6.09 Å². The molecule has 0 bridgehead atoms. The molecule has 1 amide bonds. The van der Waals surface area contributed by atoms with Gasteiger partial charge in [-0.25, -0.2) is 9.78 Å². The number of carbonyl (C=O) groups excluding carboxylic acids is 1. The summed E-state index contributed by atoms with van der Waals surface area (Å²) in [4.78, 5) is 16.6. The minimum atomic E-state index is -1.02. The van der Waals surface area contributed by atoms with E-state index in [2.05, 4.69) is 15.6 Å². The number of aliphatic hydroxyl groups excluding tert-OH is 1. The number of halogens is 1. The van der Waals surface area contributed by atoms with E-state index in [9.17, 15) is 9.90 Å². The van der Waals surface area contributed by atoms with Crippen molar-refractivity contribution in [2.24, 2.45) is 0 Å². The molecular formula is C25H24ClN3O3. The molecule has 164 valence electrons. The average molecular weight is 450 g/mol. The molecule has 7 heteroatoms. The van der Waals surface area contributed by atoms with E-state index >= 15 is 0 Å². The molecule has 0 saturated carbocycles. The molecule has 1 aromatic heterocycles. The molecule has 0 radical (unpaired) electrons. The lowest BCUT2D eigenvalue weighted by atomic mass is 10.1. The van der Waals surface area contributed by atoms with Crippen molar-refractivity contribution in [1.29, 1.82) is 0 Å². The summed E-state index contributed by atoms with van der Waals surface area (Å²) in [5.41, 5.74) is 3.42. The number of amides is 1. The Hall–Kier alpha value is -3.35. The molecule has 0 saturated heterocycles. The van der Waals surface area contributed by atoms with Crippen LogP contribution in [0.3, 0.4) is 0 Å². The van der Waals surface area contributed by atoms with Crippen molar-refractivity contribution in [2.75, 3.05) is 17.2 Å². The molecule has 3 N–H and O–H groups in total. The number of aliphatic hydroxyl groups is 1. The molecular weight excluding hydrogens is 426 g/mol. The van der Waals surface area contributed by atoms with Gasteiger partial charge in [0.25, 0.3) is 0 Å². The van der Waals surface area contributed by atoms with Gasteiger partial charge in [-0.15, -0.1) is 0 Å². The molecule has 6 nitrogen and oxygen atoms in total. The van der Waals surface area contributed by atoms with Crippen LogP contribution in [-0.2, 0) is 4.74 Å². The Morgan fingerprint density at radius 3 is 2.72 bits per heavy atom. The fourth-order valence-corrected chi connectivity index (χ4v) is 3.66. The number of nitrogens with one attached hydrogen (secondary N) is 2. The van der Waals surface area contributed by atoms with Crippen molar-refractivity contribution in [2.45, 2.75) is 26.0 Å². The molecule has 0 spiro atoms. The van der Waals surface area contributed by atoms with Crippen molar-refractivity contribution in [3.8, 4) is 0 Å². The predicted octanol–water partition coefficient (Wildman–Crippen LogP) is 6.49. The van der Waals surface area contributed by atoms with E-state index in [0.717, 1.165) is 40.3 Å². The standard InChI is InChI=1S/C25H24ClN3O3/c1-2-3-13-32-25(31)27-18-8-6-7-16(14-18)24(30)29-23-19-9-4-5-10-21(19)28-22-15-17(26)11-12-20(22)23/h4-12,14-15,24,30H,2-3,13H2,1H3,(H,27,31)(H,28,29). The van der Waals surface area contributed by atoms with Gasteiger partial charge in [0, 0.05) is 27.0 Å². The first kappa shape index (κ1) is 21.9. The van der Waals surface area contributed by atoms with Crippen molar-refractivity contribution < 1.29 is 14.6 Å².